The van der Waals surface area contributed by atoms with E-state index >= 15 is 0 Å². The van der Waals surface area contributed by atoms with Crippen molar-refractivity contribution >= 4 is 17.6 Å². The van der Waals surface area contributed by atoms with Crippen LogP contribution in [0.25, 0.3) is 0 Å². The Morgan fingerprint density at radius 2 is 1.44 bits per heavy atom. The summed E-state index contributed by atoms with van der Waals surface area (Å²) in [5.41, 5.74) is -0.609. The lowest BCUT2D eigenvalue weighted by Gasteiger charge is -2.25. The number of imide groups is 1. The second kappa shape index (κ2) is 2.44. The molecule has 2 aliphatic carbocycles. The molecule has 2 saturated carbocycles. The van der Waals surface area contributed by atoms with E-state index in [1.165, 1.54) is 11.9 Å². The Morgan fingerprint density at radius 3 is 1.88 bits per heavy atom. The van der Waals surface area contributed by atoms with Gasteiger partial charge in [0.1, 0.15) is 5.78 Å². The van der Waals surface area contributed by atoms with Crippen LogP contribution in [0.3, 0.4) is 0 Å². The largest absolute Gasteiger partial charge is 0.300 e. The Labute approximate surface area is 93.3 Å². The van der Waals surface area contributed by atoms with Gasteiger partial charge in [-0.1, -0.05) is 12.2 Å². The molecule has 3 rings (SSSR count). The number of hydrogen-bond donors (Lipinski definition) is 0. The van der Waals surface area contributed by atoms with Crippen molar-refractivity contribution in [3.8, 4) is 0 Å². The number of hydrogen-bond acceptors (Lipinski definition) is 3. The van der Waals surface area contributed by atoms with E-state index in [2.05, 4.69) is 6.58 Å². The Kier molecular flexibility index (Phi) is 1.49. The maximum absolute atomic E-state index is 12.2. The highest BCUT2D eigenvalue weighted by atomic mass is 16.2. The number of ketones is 1. The molecule has 0 spiro atoms. The summed E-state index contributed by atoms with van der Waals surface area (Å²) in [7, 11) is 1.52. The number of allylic oxidation sites excluding steroid dienone is 1. The van der Waals surface area contributed by atoms with Crippen LogP contribution in [0.2, 0.25) is 0 Å². The van der Waals surface area contributed by atoms with Gasteiger partial charge in [-0.15, -0.1) is 0 Å². The van der Waals surface area contributed by atoms with Gasteiger partial charge in [0.25, 0.3) is 0 Å². The van der Waals surface area contributed by atoms with Crippen LogP contribution in [0, 0.1) is 10.8 Å². The first-order chi connectivity index (χ1) is 7.43. The minimum Gasteiger partial charge on any atom is -0.300 e. The van der Waals surface area contributed by atoms with E-state index in [-0.39, 0.29) is 30.4 Å². The molecule has 1 saturated heterocycles. The van der Waals surface area contributed by atoms with Gasteiger partial charge in [-0.3, -0.25) is 19.3 Å². The standard InChI is InChI=1S/C12H13NO3/c1-7-3-11-5-8(14)6-12(11,4-7)10(16)13(2)9(11)15/h1,3-6H2,2H3/t11-,12+. The second-order valence-electron chi connectivity index (χ2n) is 5.33. The van der Waals surface area contributed by atoms with Crippen LogP contribution in [-0.2, 0) is 14.4 Å². The smallest absolute Gasteiger partial charge is 0.237 e. The number of Topliss-reactive ketones (excluding diaryl/α,β-unsaturated/α-hetero) is 1. The highest BCUT2D eigenvalue weighted by molar-refractivity contribution is 6.15. The number of nitrogens with zero attached hydrogens (tertiary/aromatic N) is 1. The third kappa shape index (κ3) is 0.740. The molecule has 84 valence electrons. The maximum Gasteiger partial charge on any atom is 0.237 e. The zero-order valence-electron chi connectivity index (χ0n) is 9.21. The van der Waals surface area contributed by atoms with Gasteiger partial charge < -0.3 is 0 Å². The Morgan fingerprint density at radius 1 is 1.00 bits per heavy atom. The van der Waals surface area contributed by atoms with Crippen molar-refractivity contribution in [1.29, 1.82) is 0 Å². The predicted molar refractivity (Wildman–Crippen MR) is 55.3 cm³/mol. The normalized spacial score (nSPS) is 41.9. The molecule has 1 heterocycles. The average molecular weight is 219 g/mol. The molecule has 1 aliphatic heterocycles. The van der Waals surface area contributed by atoms with Crippen molar-refractivity contribution in [3.05, 3.63) is 12.2 Å². The predicted octanol–water partition coefficient (Wildman–Crippen LogP) is 0.671. The van der Waals surface area contributed by atoms with E-state index in [9.17, 15) is 14.4 Å². The van der Waals surface area contributed by atoms with Crippen molar-refractivity contribution in [2.24, 2.45) is 10.8 Å². The van der Waals surface area contributed by atoms with E-state index in [4.69, 9.17) is 0 Å². The molecule has 2 atom stereocenters. The molecule has 4 heteroatoms. The molecule has 0 bridgehead atoms. The minimum absolute atomic E-state index is 0.0438. The summed E-state index contributed by atoms with van der Waals surface area (Å²) >= 11 is 0. The van der Waals surface area contributed by atoms with Gasteiger partial charge in [0, 0.05) is 19.9 Å². The molecule has 0 aromatic rings. The minimum atomic E-state index is -0.771. The van der Waals surface area contributed by atoms with Gasteiger partial charge in [-0.05, 0) is 12.8 Å². The molecule has 0 N–H and O–H groups in total. The second-order valence-corrected chi connectivity index (χ2v) is 5.33. The summed E-state index contributed by atoms with van der Waals surface area (Å²) in [5.74, 6) is -0.314. The van der Waals surface area contributed by atoms with Gasteiger partial charge in [0.2, 0.25) is 11.8 Å². The average Bonchev–Trinajstić information content (AvgIpc) is 2.66. The van der Waals surface area contributed by atoms with Crippen molar-refractivity contribution in [3.63, 3.8) is 0 Å². The molecular formula is C12H13NO3. The molecule has 0 aromatic heterocycles. The van der Waals surface area contributed by atoms with Gasteiger partial charge >= 0.3 is 0 Å². The highest BCUT2D eigenvalue weighted by Gasteiger charge is 2.75. The van der Waals surface area contributed by atoms with Crippen LogP contribution in [-0.4, -0.2) is 29.5 Å². The van der Waals surface area contributed by atoms with Crippen LogP contribution < -0.4 is 0 Å². The Hall–Kier alpha value is -1.45. The van der Waals surface area contributed by atoms with Gasteiger partial charge in [0.05, 0.1) is 10.8 Å². The number of amides is 2. The number of rotatable bonds is 0. The highest BCUT2D eigenvalue weighted by Crippen LogP contribution is 2.67. The first-order valence-corrected chi connectivity index (χ1v) is 5.44. The van der Waals surface area contributed by atoms with Crippen molar-refractivity contribution in [2.45, 2.75) is 25.7 Å². The summed E-state index contributed by atoms with van der Waals surface area (Å²) in [5, 5.41) is 0. The van der Waals surface area contributed by atoms with Gasteiger partial charge in [-0.25, -0.2) is 0 Å². The van der Waals surface area contributed by atoms with E-state index in [1.807, 2.05) is 0 Å². The quantitative estimate of drug-likeness (QED) is 0.444. The van der Waals surface area contributed by atoms with Gasteiger partial charge in [-0.2, -0.15) is 0 Å². The summed E-state index contributed by atoms with van der Waals surface area (Å²) in [6.45, 7) is 3.89. The molecule has 2 amide bonds. The fourth-order valence-electron chi connectivity index (χ4n) is 3.90. The van der Waals surface area contributed by atoms with Gasteiger partial charge in [0.15, 0.2) is 0 Å². The molecule has 16 heavy (non-hydrogen) atoms. The van der Waals surface area contributed by atoms with Crippen LogP contribution in [0.4, 0.5) is 0 Å². The topological polar surface area (TPSA) is 54.5 Å². The summed E-state index contributed by atoms with van der Waals surface area (Å²) < 4.78 is 0. The van der Waals surface area contributed by atoms with Crippen LogP contribution in [0.15, 0.2) is 12.2 Å². The number of carbonyl (C=O) groups excluding carboxylic acids is 3. The van der Waals surface area contributed by atoms with Crippen molar-refractivity contribution in [2.75, 3.05) is 7.05 Å². The zero-order valence-corrected chi connectivity index (χ0v) is 9.21. The molecule has 3 aliphatic rings. The van der Waals surface area contributed by atoms with Crippen LogP contribution >= 0.6 is 0 Å². The first kappa shape index (κ1) is 9.75. The monoisotopic (exact) mass is 219 g/mol. The Balaban J connectivity index is 2.24. The molecule has 0 radical (unpaired) electrons. The van der Waals surface area contributed by atoms with E-state index in [0.717, 1.165) is 5.57 Å². The fourth-order valence-corrected chi connectivity index (χ4v) is 3.90. The van der Waals surface area contributed by atoms with Crippen molar-refractivity contribution in [1.82, 2.24) is 4.90 Å². The Bertz CT molecular complexity index is 405. The van der Waals surface area contributed by atoms with E-state index < -0.39 is 10.8 Å². The van der Waals surface area contributed by atoms with Crippen molar-refractivity contribution < 1.29 is 14.4 Å². The van der Waals surface area contributed by atoms with Crippen LogP contribution in [0.1, 0.15) is 25.7 Å². The lowest BCUT2D eigenvalue weighted by molar-refractivity contribution is -0.142. The lowest BCUT2D eigenvalue weighted by atomic mass is 9.70. The molecule has 3 fully saturated rings. The summed E-state index contributed by atoms with van der Waals surface area (Å²) in [6, 6.07) is 0. The lowest BCUT2D eigenvalue weighted by Crippen LogP contribution is -2.35. The molecule has 0 unspecified atom stereocenters. The molecule has 0 aromatic carbocycles. The summed E-state index contributed by atoms with van der Waals surface area (Å²) in [6.07, 6.45) is 1.46. The number of carbonyl (C=O) groups is 3. The third-order valence-corrected chi connectivity index (χ3v) is 4.45. The van der Waals surface area contributed by atoms with Crippen LogP contribution in [0.5, 0.6) is 0 Å². The first-order valence-electron chi connectivity index (χ1n) is 5.44. The third-order valence-electron chi connectivity index (χ3n) is 4.45. The SMILES string of the molecule is C=C1C[C@@]23CC(=O)C[C@]2(C1)C(=O)N(C)C3=O. The molecular weight excluding hydrogens is 206 g/mol. The number of likely N-dealkylation sites (tertiary alicyclic amines) is 1. The summed E-state index contributed by atoms with van der Waals surface area (Å²) in [4.78, 5) is 37.2. The van der Waals surface area contributed by atoms with E-state index in [1.54, 1.807) is 0 Å². The zero-order chi connectivity index (χ0) is 11.7. The maximum atomic E-state index is 12.2. The molecule has 4 nitrogen and oxygen atoms in total. The fraction of sp³-hybridized carbons (Fsp3) is 0.583. The van der Waals surface area contributed by atoms with E-state index in [0.29, 0.717) is 12.8 Å².